The number of aromatic nitrogens is 4. The minimum Gasteiger partial charge on any atom is -0.497 e. The van der Waals surface area contributed by atoms with Crippen LogP contribution in [0, 0.1) is 0 Å². The molecule has 2 spiro atoms. The summed E-state index contributed by atoms with van der Waals surface area (Å²) in [7, 11) is 1.59. The first-order chi connectivity index (χ1) is 34.9. The Morgan fingerprint density at radius 2 is 1.11 bits per heavy atom. The van der Waals surface area contributed by atoms with Gasteiger partial charge in [-0.1, -0.05) is 24.3 Å². The number of likely N-dealkylation sites (tertiary alicyclic amines) is 1. The molecule has 6 aromatic rings. The van der Waals surface area contributed by atoms with Crippen LogP contribution >= 0.6 is 0 Å². The molecule has 0 bridgehead atoms. The van der Waals surface area contributed by atoms with Gasteiger partial charge in [-0.2, -0.15) is 15.1 Å². The van der Waals surface area contributed by atoms with Gasteiger partial charge in [0.25, 0.3) is 23.6 Å². The summed E-state index contributed by atoms with van der Waals surface area (Å²) in [6.07, 6.45) is 8.72. The molecule has 2 aromatic heterocycles. The van der Waals surface area contributed by atoms with E-state index in [-0.39, 0.29) is 40.1 Å². The topological polar surface area (TPSA) is 210 Å². The summed E-state index contributed by atoms with van der Waals surface area (Å²) < 4.78 is 8.43. The number of aldehydes is 1. The van der Waals surface area contributed by atoms with Gasteiger partial charge in [0.2, 0.25) is 0 Å². The van der Waals surface area contributed by atoms with Crippen LogP contribution < -0.4 is 30.9 Å². The van der Waals surface area contributed by atoms with Gasteiger partial charge in [0.1, 0.15) is 29.5 Å². The Morgan fingerprint density at radius 3 is 1.54 bits per heavy atom. The number of nitrogens with two attached hydrogens (primary N) is 2. The number of hydrogen-bond acceptors (Lipinski definition) is 11. The molecule has 72 heavy (non-hydrogen) atoms. The zero-order valence-corrected chi connectivity index (χ0v) is 39.8. The summed E-state index contributed by atoms with van der Waals surface area (Å²) in [5.41, 5.74) is 17.7. The fourth-order valence-corrected chi connectivity index (χ4v) is 11.9. The largest absolute Gasteiger partial charge is 0.497 e. The van der Waals surface area contributed by atoms with Gasteiger partial charge >= 0.3 is 0 Å². The van der Waals surface area contributed by atoms with E-state index in [1.165, 1.54) is 10.2 Å². The molecule has 0 unspecified atom stereocenters. The smallest absolute Gasteiger partial charge is 0.277 e. The highest BCUT2D eigenvalue weighted by atomic mass is 17.2. The lowest BCUT2D eigenvalue weighted by Gasteiger charge is -2.34. The van der Waals surface area contributed by atoms with Crippen molar-refractivity contribution in [1.82, 2.24) is 24.5 Å². The third-order valence-electron chi connectivity index (χ3n) is 16.7. The fraction of sp³-hybridized carbons (Fsp3) is 0.364. The van der Waals surface area contributed by atoms with Crippen molar-refractivity contribution in [3.8, 4) is 22.9 Å². The van der Waals surface area contributed by atoms with Gasteiger partial charge in [0, 0.05) is 71.5 Å². The maximum atomic E-state index is 14.5. The maximum Gasteiger partial charge on any atom is 0.277 e. The molecule has 0 radical (unpaired) electrons. The highest BCUT2D eigenvalue weighted by Gasteiger charge is 2.58. The van der Waals surface area contributed by atoms with E-state index in [1.807, 2.05) is 53.4 Å². The molecule has 4 N–H and O–H groups in total. The first-order valence-corrected chi connectivity index (χ1v) is 24.8. The number of hydrogen-bond donors (Lipinski definition) is 2. The number of ether oxygens (including phenoxy) is 1. The van der Waals surface area contributed by atoms with Gasteiger partial charge in [0.15, 0.2) is 17.1 Å². The Labute approximate surface area is 414 Å². The van der Waals surface area contributed by atoms with Crippen LogP contribution in [-0.2, 0) is 31.3 Å². The molecule has 17 nitrogen and oxygen atoms in total. The average Bonchev–Trinajstić information content (AvgIpc) is 4.35. The minimum absolute atomic E-state index is 0.00308. The minimum atomic E-state index is -0.676. The molecule has 4 aromatic carbocycles. The molecule has 13 rings (SSSR count). The van der Waals surface area contributed by atoms with E-state index in [9.17, 15) is 24.0 Å². The SMILES string of the molecule is COc1ccc(-n2nc(C(N)=O)c3c2C(=O)N(c2ccc(C4(CN5CC[C@@H](OOc6ccc(-n7nc(C(N)=O)c8c7C(=O)N(c7ccc(C9(C=O)CC9)cc7)CC87CC7)cc6)C5)CC4)cc2)CC32CC2)cc1. The van der Waals surface area contributed by atoms with E-state index in [4.69, 9.17) is 26.0 Å². The van der Waals surface area contributed by atoms with Crippen molar-refractivity contribution >= 4 is 41.3 Å². The fourth-order valence-electron chi connectivity index (χ4n) is 11.9. The molecule has 4 amide bonds. The molecule has 1 atom stereocenters. The summed E-state index contributed by atoms with van der Waals surface area (Å²) >= 11 is 0. The number of rotatable bonds is 15. The van der Waals surface area contributed by atoms with Gasteiger partial charge in [-0.3, -0.25) is 24.1 Å². The number of benzene rings is 4. The number of carbonyl (C=O) groups is 5. The second kappa shape index (κ2) is 15.9. The number of fused-ring (bicyclic) bond motifs is 4. The van der Waals surface area contributed by atoms with E-state index in [0.29, 0.717) is 65.0 Å². The summed E-state index contributed by atoms with van der Waals surface area (Å²) in [6.45, 7) is 3.30. The van der Waals surface area contributed by atoms with E-state index in [2.05, 4.69) is 27.2 Å². The lowest BCUT2D eigenvalue weighted by Crippen LogP contribution is -2.44. The van der Waals surface area contributed by atoms with Crippen molar-refractivity contribution in [2.45, 2.75) is 85.6 Å². The summed E-state index contributed by atoms with van der Waals surface area (Å²) in [4.78, 5) is 84.1. The van der Waals surface area contributed by atoms with Crippen LogP contribution in [0.4, 0.5) is 11.4 Å². The molecule has 5 fully saturated rings. The van der Waals surface area contributed by atoms with E-state index >= 15 is 0 Å². The maximum absolute atomic E-state index is 14.5. The molecule has 7 aliphatic rings. The van der Waals surface area contributed by atoms with Crippen molar-refractivity contribution in [2.75, 3.05) is 49.6 Å². The van der Waals surface area contributed by atoms with Crippen LogP contribution in [0.5, 0.6) is 11.5 Å². The third kappa shape index (κ3) is 7.06. The van der Waals surface area contributed by atoms with Crippen molar-refractivity contribution in [3.05, 3.63) is 142 Å². The van der Waals surface area contributed by atoms with Gasteiger partial charge in [0.05, 0.1) is 23.9 Å². The molecule has 1 saturated heterocycles. The molecule has 17 heteroatoms. The second-order valence-electron chi connectivity index (χ2n) is 21.2. The Morgan fingerprint density at radius 1 is 0.639 bits per heavy atom. The Hall–Kier alpha value is -7.63. The van der Waals surface area contributed by atoms with Crippen molar-refractivity contribution in [3.63, 3.8) is 0 Å². The van der Waals surface area contributed by atoms with E-state index < -0.39 is 22.6 Å². The normalized spacial score (nSPS) is 21.3. The molecule has 4 aliphatic carbocycles. The zero-order valence-electron chi connectivity index (χ0n) is 39.8. The Bertz CT molecular complexity index is 3240. The summed E-state index contributed by atoms with van der Waals surface area (Å²) in [5, 5.41) is 9.28. The van der Waals surface area contributed by atoms with Crippen LogP contribution in [0.25, 0.3) is 11.4 Å². The van der Waals surface area contributed by atoms with Crippen LogP contribution in [0.15, 0.2) is 97.1 Å². The molecule has 366 valence electrons. The number of primary amides is 2. The van der Waals surface area contributed by atoms with Crippen molar-refractivity contribution in [2.24, 2.45) is 11.5 Å². The lowest BCUT2D eigenvalue weighted by atomic mass is 9.87. The molecular formula is C55H53N9O8. The van der Waals surface area contributed by atoms with Crippen LogP contribution in [0.3, 0.4) is 0 Å². The molecule has 4 saturated carbocycles. The van der Waals surface area contributed by atoms with Gasteiger partial charge in [-0.15, -0.1) is 0 Å². The first kappa shape index (κ1) is 44.3. The number of amides is 4. The predicted molar refractivity (Wildman–Crippen MR) is 263 cm³/mol. The van der Waals surface area contributed by atoms with Crippen LogP contribution in [0.1, 0.15) is 122 Å². The van der Waals surface area contributed by atoms with E-state index in [0.717, 1.165) is 94.1 Å². The molecular weight excluding hydrogens is 915 g/mol. The average molecular weight is 968 g/mol. The summed E-state index contributed by atoms with van der Waals surface area (Å²) in [5.74, 6) is -0.666. The van der Waals surface area contributed by atoms with Crippen LogP contribution in [0.2, 0.25) is 0 Å². The van der Waals surface area contributed by atoms with Crippen molar-refractivity contribution < 1.29 is 38.5 Å². The van der Waals surface area contributed by atoms with Gasteiger partial charge in [-0.25, -0.2) is 9.36 Å². The van der Waals surface area contributed by atoms with Gasteiger partial charge < -0.3 is 35.7 Å². The van der Waals surface area contributed by atoms with E-state index in [1.54, 1.807) is 53.1 Å². The Balaban J connectivity index is 0.665. The van der Waals surface area contributed by atoms with Gasteiger partial charge in [-0.05, 0) is 142 Å². The zero-order chi connectivity index (χ0) is 49.3. The third-order valence-corrected chi connectivity index (χ3v) is 16.7. The number of anilines is 2. The monoisotopic (exact) mass is 967 g/mol. The highest BCUT2D eigenvalue weighted by Crippen LogP contribution is 2.57. The predicted octanol–water partition coefficient (Wildman–Crippen LogP) is 6.00. The van der Waals surface area contributed by atoms with Crippen LogP contribution in [-0.4, -0.2) is 100 Å². The standard InChI is InChI=1S/C55H53N9O8/c1-70-39-14-10-37(11-15-39)63-46-42(44(58-63)48(56)66)53(21-22-53)30-61(50(46)68)35-6-2-33(3-7-35)52(19-20-52)29-60-27-18-41(28-60)72-71-40-16-12-38(13-17-40)64-47-43(45(59-64)49(57)67)54(23-24-54)31-62(51(47)69)36-8-4-34(5-9-36)55(32-65)25-26-55/h2-17,32,41H,18-31H2,1H3,(H2,56,66)(H2,57,67)/t41-/m1/s1. The number of nitrogens with zero attached hydrogens (tertiary/aromatic N) is 7. The quantitative estimate of drug-likeness (QED) is 0.0693. The highest BCUT2D eigenvalue weighted by molar-refractivity contribution is 6.12. The first-order valence-electron chi connectivity index (χ1n) is 24.8. The second-order valence-corrected chi connectivity index (χ2v) is 21.2. The summed E-state index contributed by atoms with van der Waals surface area (Å²) in [6, 6.07) is 30.4. The number of carbonyl (C=O) groups excluding carboxylic acids is 5. The Kier molecular flexibility index (Phi) is 9.81. The number of methoxy groups -OCH3 is 1. The molecule has 5 heterocycles. The van der Waals surface area contributed by atoms with Crippen molar-refractivity contribution in [1.29, 1.82) is 0 Å². The lowest BCUT2D eigenvalue weighted by molar-refractivity contribution is -0.240. The molecule has 3 aliphatic heterocycles.